The molecule has 6 aromatic rings. The first kappa shape index (κ1) is 34.3. The van der Waals surface area contributed by atoms with E-state index in [1.54, 1.807) is 0 Å². The number of hydrogen-bond acceptors (Lipinski definition) is 0. The third kappa shape index (κ3) is 4.94. The molecule has 1 aliphatic heterocycles. The van der Waals surface area contributed by atoms with Crippen molar-refractivity contribution in [3.8, 4) is 33.4 Å². The molecule has 0 saturated carbocycles. The molecule has 0 aromatic heterocycles. The van der Waals surface area contributed by atoms with Crippen molar-refractivity contribution < 1.29 is 16.4 Å². The molecular weight excluding hydrogens is 767 g/mol. The van der Waals surface area contributed by atoms with Crippen LogP contribution in [0, 0.1) is 0 Å². The summed E-state index contributed by atoms with van der Waals surface area (Å²) in [5, 5.41) is 2.95. The summed E-state index contributed by atoms with van der Waals surface area (Å²) in [7, 11) is 17.3. The molecule has 2 unspecified atom stereocenters. The zero-order valence-corrected chi connectivity index (χ0v) is 35.7. The molecule has 2 aliphatic carbocycles. The number of rotatable bonds is 7. The van der Waals surface area contributed by atoms with E-state index in [1.807, 2.05) is 0 Å². The van der Waals surface area contributed by atoms with E-state index in [1.165, 1.54) is 91.6 Å². The minimum atomic E-state index is -5.46. The number of hydrogen-bond donors (Lipinski definition) is 0. The van der Waals surface area contributed by atoms with Gasteiger partial charge in [0.25, 0.3) is 0 Å². The minimum absolute atomic E-state index is 0.0809. The summed E-state index contributed by atoms with van der Waals surface area (Å²) in [5.74, 6) is 0. The Morgan fingerprint density at radius 3 is 1.54 bits per heavy atom. The molecule has 9 rings (SSSR count). The third-order valence-electron chi connectivity index (χ3n) is 12.3. The summed E-state index contributed by atoms with van der Waals surface area (Å²) < 4.78 is 1.12. The van der Waals surface area contributed by atoms with Crippen molar-refractivity contribution in [3.63, 3.8) is 0 Å². The van der Waals surface area contributed by atoms with Crippen LogP contribution in [-0.4, -0.2) is 9.52 Å². The number of allylic oxidation sites excluding steroid dienone is 2. The van der Waals surface area contributed by atoms with Gasteiger partial charge < -0.3 is 0 Å². The van der Waals surface area contributed by atoms with Crippen LogP contribution in [0.4, 0.5) is 0 Å². The Balaban J connectivity index is 1.36. The number of halogens is 2. The van der Waals surface area contributed by atoms with Crippen LogP contribution in [0.2, 0.25) is 0 Å². The van der Waals surface area contributed by atoms with E-state index in [-0.39, 0.29) is 7.25 Å². The molecule has 6 aromatic carbocycles. The molecule has 0 N–H and O–H groups in total. The predicted molar refractivity (Wildman–Crippen MR) is 226 cm³/mol. The topological polar surface area (TPSA) is 0 Å². The van der Waals surface area contributed by atoms with E-state index >= 15 is 0 Å². The van der Waals surface area contributed by atoms with E-state index in [9.17, 15) is 0 Å². The summed E-state index contributed by atoms with van der Waals surface area (Å²) in [6, 6.07) is 47.2. The van der Waals surface area contributed by atoms with Gasteiger partial charge in [0.1, 0.15) is 0 Å². The molecule has 1 heterocycles. The summed E-state index contributed by atoms with van der Waals surface area (Å²) in [6.45, 7) is 9.14. The molecule has 0 saturated heterocycles. The SMILES string of the molecule is CCc1ccc2c(c1-c1ccccc1)C=C(C)[CH]2[Zr]([Cl])([Cl])([c]1cccc2c1[SiH2]c1ccccc1-2)[CH]1C(C)=Cc2c1ccc(CC)c2-c1ccccc1. The first-order chi connectivity index (χ1) is 25.2. The molecule has 3 aliphatic rings. The molecule has 2 atom stereocenters. The summed E-state index contributed by atoms with van der Waals surface area (Å²) in [6.07, 6.45) is 6.81. The summed E-state index contributed by atoms with van der Waals surface area (Å²) >= 11 is -5.46. The van der Waals surface area contributed by atoms with Gasteiger partial charge in [0.05, 0.1) is 0 Å². The fourth-order valence-electron chi connectivity index (χ4n) is 10.3. The Labute approximate surface area is 319 Å². The van der Waals surface area contributed by atoms with Gasteiger partial charge in [0.15, 0.2) is 0 Å². The standard InChI is InChI=1S/2C18H17.C12H9Si.2ClH.Zr/c2*1-3-14-9-10-16-11-13(2)12-17(16)18(14)15-7-5-4-6-8-15;1-3-7-11-9(5-1)10-6-2-4-8-12(10)13-11;;;/h2*4-12H,3H2,1-2H3;1-7H,13H2;2*1H;/q;;;;;+2/p-2. The van der Waals surface area contributed by atoms with Crippen molar-refractivity contribution in [1.82, 2.24) is 0 Å². The Kier molecular flexibility index (Phi) is 8.44. The van der Waals surface area contributed by atoms with Gasteiger partial charge in [0.2, 0.25) is 0 Å². The van der Waals surface area contributed by atoms with E-state index in [0.717, 1.165) is 12.8 Å². The maximum absolute atomic E-state index is 9.06. The molecule has 52 heavy (non-hydrogen) atoms. The Hall–Kier alpha value is -3.52. The van der Waals surface area contributed by atoms with Gasteiger partial charge in [0, 0.05) is 0 Å². The molecule has 257 valence electrons. The quantitative estimate of drug-likeness (QED) is 0.141. The van der Waals surface area contributed by atoms with Crippen molar-refractivity contribution in [3.05, 3.63) is 172 Å². The monoisotopic (exact) mass is 807 g/mol. The Morgan fingerprint density at radius 2 is 1.02 bits per heavy atom. The average Bonchev–Trinajstić information content (AvgIpc) is 3.84. The molecule has 0 amide bonds. The molecular formula is C48H43Cl2SiZr. The zero-order valence-electron chi connectivity index (χ0n) is 30.3. The normalized spacial score (nSPS) is 18.2. The molecule has 0 nitrogen and oxygen atoms in total. The van der Waals surface area contributed by atoms with Crippen molar-refractivity contribution in [2.75, 3.05) is 0 Å². The molecule has 0 spiro atoms. The first-order valence-corrected chi connectivity index (χ1v) is 30.6. The Morgan fingerprint density at radius 1 is 0.538 bits per heavy atom. The number of aryl methyl sites for hydroxylation is 2. The van der Waals surface area contributed by atoms with Gasteiger partial charge in [-0.3, -0.25) is 0 Å². The van der Waals surface area contributed by atoms with Gasteiger partial charge in [-0.1, -0.05) is 0 Å². The van der Waals surface area contributed by atoms with Gasteiger partial charge >= 0.3 is 322 Å². The number of benzene rings is 6. The van der Waals surface area contributed by atoms with Crippen molar-refractivity contribution in [1.29, 1.82) is 0 Å². The van der Waals surface area contributed by atoms with Gasteiger partial charge in [-0.15, -0.1) is 0 Å². The second kappa shape index (κ2) is 12.8. The van der Waals surface area contributed by atoms with Crippen LogP contribution < -0.4 is 13.6 Å². The van der Waals surface area contributed by atoms with E-state index in [0.29, 0.717) is 0 Å². The molecule has 4 heteroatoms. The number of fused-ring (bicyclic) bond motifs is 5. The van der Waals surface area contributed by atoms with Crippen molar-refractivity contribution >= 4 is 52.3 Å². The Bertz CT molecular complexity index is 2350. The van der Waals surface area contributed by atoms with Crippen molar-refractivity contribution in [2.45, 2.75) is 47.8 Å². The summed E-state index contributed by atoms with van der Waals surface area (Å²) in [5.41, 5.74) is 18.4. The fourth-order valence-corrected chi connectivity index (χ4v) is 39.0. The van der Waals surface area contributed by atoms with Crippen LogP contribution in [0.3, 0.4) is 0 Å². The van der Waals surface area contributed by atoms with Crippen LogP contribution in [0.15, 0.2) is 139 Å². The second-order valence-corrected chi connectivity index (χ2v) is 37.5. The van der Waals surface area contributed by atoms with E-state index in [4.69, 9.17) is 17.0 Å². The molecule has 0 bridgehead atoms. The third-order valence-corrected chi connectivity index (χ3v) is 35.5. The average molecular weight is 810 g/mol. The summed E-state index contributed by atoms with van der Waals surface area (Å²) in [4.78, 5) is 0. The first-order valence-electron chi connectivity index (χ1n) is 18.8. The zero-order chi connectivity index (χ0) is 35.8. The fraction of sp³-hybridized carbons (Fsp3) is 0.167. The van der Waals surface area contributed by atoms with Crippen LogP contribution in [0.25, 0.3) is 45.5 Å². The second-order valence-electron chi connectivity index (χ2n) is 15.1. The molecule has 0 fully saturated rings. The van der Waals surface area contributed by atoms with Gasteiger partial charge in [-0.2, -0.15) is 0 Å². The maximum atomic E-state index is 9.06. The van der Waals surface area contributed by atoms with Crippen LogP contribution in [0.5, 0.6) is 0 Å². The van der Waals surface area contributed by atoms with Gasteiger partial charge in [-0.25, -0.2) is 0 Å². The molecule has 0 radical (unpaired) electrons. The predicted octanol–water partition coefficient (Wildman–Crippen LogP) is 11.2. The van der Waals surface area contributed by atoms with Crippen LogP contribution in [0.1, 0.15) is 68.3 Å². The van der Waals surface area contributed by atoms with Crippen molar-refractivity contribution in [2.24, 2.45) is 0 Å². The van der Waals surface area contributed by atoms with Crippen LogP contribution >= 0.6 is 17.0 Å². The van der Waals surface area contributed by atoms with Gasteiger partial charge in [-0.05, 0) is 0 Å². The van der Waals surface area contributed by atoms with E-state index < -0.39 is 25.9 Å². The van der Waals surface area contributed by atoms with Crippen LogP contribution in [-0.2, 0) is 29.2 Å². The van der Waals surface area contributed by atoms with E-state index in [2.05, 4.69) is 167 Å².